The Bertz CT molecular complexity index is 402. The van der Waals surface area contributed by atoms with Crippen LogP contribution in [0.15, 0.2) is 12.2 Å². The summed E-state index contributed by atoms with van der Waals surface area (Å²) in [6.07, 6.45) is 23.7. The van der Waals surface area contributed by atoms with Crippen LogP contribution in [0.25, 0.3) is 0 Å². The Morgan fingerprint density at radius 2 is 1.23 bits per heavy atom. The molecule has 0 aromatic rings. The summed E-state index contributed by atoms with van der Waals surface area (Å²) in [7, 11) is 0. The molecule has 4 nitrogen and oxygen atoms in total. The lowest BCUT2D eigenvalue weighted by Crippen LogP contribution is -2.36. The van der Waals surface area contributed by atoms with Gasteiger partial charge in [-0.3, -0.25) is 4.79 Å². The molecule has 0 saturated heterocycles. The number of hydrogen-bond acceptors (Lipinski definition) is 4. The zero-order valence-electron chi connectivity index (χ0n) is 20.0. The zero-order valence-corrected chi connectivity index (χ0v) is 20.0. The van der Waals surface area contributed by atoms with E-state index in [0.29, 0.717) is 12.8 Å². The topological polar surface area (TPSA) is 66.8 Å². The molecule has 0 bridgehead atoms. The summed E-state index contributed by atoms with van der Waals surface area (Å²) in [4.78, 5) is 11.9. The maximum atomic E-state index is 11.9. The van der Waals surface area contributed by atoms with E-state index in [9.17, 15) is 15.0 Å². The van der Waals surface area contributed by atoms with Crippen molar-refractivity contribution in [3.8, 4) is 0 Å². The van der Waals surface area contributed by atoms with Crippen molar-refractivity contribution in [2.75, 3.05) is 19.8 Å². The molecule has 4 heteroatoms. The first-order valence-corrected chi connectivity index (χ1v) is 12.7. The number of allylic oxidation sites excluding steroid dienone is 2. The van der Waals surface area contributed by atoms with Gasteiger partial charge in [-0.1, -0.05) is 90.2 Å². The van der Waals surface area contributed by atoms with E-state index in [0.717, 1.165) is 32.1 Å². The number of rotatable bonds is 22. The molecule has 0 unspecified atom stereocenters. The minimum atomic E-state index is -0.686. The molecule has 0 saturated carbocycles. The Hall–Kier alpha value is -0.870. The highest BCUT2D eigenvalue weighted by molar-refractivity contribution is 5.69. The summed E-state index contributed by atoms with van der Waals surface area (Å²) in [6.45, 7) is 4.14. The average Bonchev–Trinajstić information content (AvgIpc) is 2.77. The summed E-state index contributed by atoms with van der Waals surface area (Å²) < 4.78 is 5.34. The second kappa shape index (κ2) is 21.4. The summed E-state index contributed by atoms with van der Waals surface area (Å²) in [5.74, 6) is -0.213. The van der Waals surface area contributed by atoms with Crippen LogP contribution < -0.4 is 0 Å². The number of carbonyl (C=O) groups is 1. The number of aliphatic hydroxyl groups is 2. The molecule has 0 aromatic carbocycles. The van der Waals surface area contributed by atoms with Gasteiger partial charge >= 0.3 is 5.97 Å². The second-order valence-corrected chi connectivity index (χ2v) is 8.91. The SMILES string of the molecule is CCCCCCCC/C=C\CCCCCCCC(=O)OCC(CO)(CO)CCCC. The average molecular weight is 427 g/mol. The normalized spacial score (nSPS) is 12.0. The van der Waals surface area contributed by atoms with Gasteiger partial charge in [0.1, 0.15) is 6.61 Å². The minimum Gasteiger partial charge on any atom is -0.465 e. The van der Waals surface area contributed by atoms with Crippen molar-refractivity contribution in [3.63, 3.8) is 0 Å². The molecule has 30 heavy (non-hydrogen) atoms. The van der Waals surface area contributed by atoms with Gasteiger partial charge in [0, 0.05) is 6.42 Å². The zero-order chi connectivity index (χ0) is 22.3. The first-order chi connectivity index (χ1) is 14.6. The highest BCUT2D eigenvalue weighted by Crippen LogP contribution is 2.24. The molecular weight excluding hydrogens is 376 g/mol. The molecule has 0 aliphatic rings. The molecule has 0 rings (SSSR count). The predicted molar refractivity (Wildman–Crippen MR) is 127 cm³/mol. The van der Waals surface area contributed by atoms with E-state index < -0.39 is 5.41 Å². The molecule has 178 valence electrons. The molecule has 2 N–H and O–H groups in total. The van der Waals surface area contributed by atoms with Crippen molar-refractivity contribution >= 4 is 5.97 Å². The molecule has 0 amide bonds. The van der Waals surface area contributed by atoms with Crippen LogP contribution >= 0.6 is 0 Å². The Kier molecular flexibility index (Phi) is 20.7. The van der Waals surface area contributed by atoms with Gasteiger partial charge < -0.3 is 14.9 Å². The third-order valence-electron chi connectivity index (χ3n) is 5.91. The van der Waals surface area contributed by atoms with Gasteiger partial charge in [-0.2, -0.15) is 0 Å². The van der Waals surface area contributed by atoms with Gasteiger partial charge in [-0.15, -0.1) is 0 Å². The van der Waals surface area contributed by atoms with Crippen LogP contribution in [0.1, 0.15) is 123 Å². The van der Waals surface area contributed by atoms with Crippen LogP contribution in [0.4, 0.5) is 0 Å². The predicted octanol–water partition coefficient (Wildman–Crippen LogP) is 6.73. The Morgan fingerprint density at radius 1 is 0.733 bits per heavy atom. The monoisotopic (exact) mass is 426 g/mol. The fourth-order valence-electron chi connectivity index (χ4n) is 3.57. The van der Waals surface area contributed by atoms with E-state index >= 15 is 0 Å². The maximum Gasteiger partial charge on any atom is 0.305 e. The highest BCUT2D eigenvalue weighted by Gasteiger charge is 2.30. The minimum absolute atomic E-state index is 0.115. The van der Waals surface area contributed by atoms with Crippen LogP contribution in [0, 0.1) is 5.41 Å². The van der Waals surface area contributed by atoms with E-state index in [1.165, 1.54) is 64.2 Å². The van der Waals surface area contributed by atoms with Crippen LogP contribution in [0.3, 0.4) is 0 Å². The van der Waals surface area contributed by atoms with Crippen molar-refractivity contribution in [1.29, 1.82) is 0 Å². The highest BCUT2D eigenvalue weighted by atomic mass is 16.5. The number of esters is 1. The van der Waals surface area contributed by atoms with Gasteiger partial charge in [0.05, 0.1) is 18.6 Å². The van der Waals surface area contributed by atoms with Crippen molar-refractivity contribution in [1.82, 2.24) is 0 Å². The third kappa shape index (κ3) is 16.9. The standard InChI is InChI=1S/C26H50O4/c1-3-5-7-8-9-10-11-12-13-14-15-16-17-18-19-20-25(29)30-24-26(22-27,23-28)21-6-4-2/h12-13,27-28H,3-11,14-24H2,1-2H3/b13-12-. The lowest BCUT2D eigenvalue weighted by atomic mass is 9.85. The molecular formula is C26H50O4. The largest absolute Gasteiger partial charge is 0.465 e. The fraction of sp³-hybridized carbons (Fsp3) is 0.885. The molecule has 0 aliphatic carbocycles. The van der Waals surface area contributed by atoms with Gasteiger partial charge in [-0.25, -0.2) is 0 Å². The molecule has 0 aliphatic heterocycles. The molecule has 0 heterocycles. The lowest BCUT2D eigenvalue weighted by Gasteiger charge is -2.29. The number of unbranched alkanes of at least 4 members (excludes halogenated alkanes) is 12. The molecule has 0 fully saturated rings. The Balaban J connectivity index is 3.57. The van der Waals surface area contributed by atoms with E-state index in [4.69, 9.17) is 4.74 Å². The van der Waals surface area contributed by atoms with Gasteiger partial charge in [0.2, 0.25) is 0 Å². The smallest absolute Gasteiger partial charge is 0.305 e. The van der Waals surface area contributed by atoms with Crippen molar-refractivity contribution < 1.29 is 19.7 Å². The van der Waals surface area contributed by atoms with Gasteiger partial charge in [0.15, 0.2) is 0 Å². The quantitative estimate of drug-likeness (QED) is 0.114. The van der Waals surface area contributed by atoms with Crippen molar-refractivity contribution in [2.24, 2.45) is 5.41 Å². The van der Waals surface area contributed by atoms with Crippen molar-refractivity contribution in [3.05, 3.63) is 12.2 Å². The molecule has 0 spiro atoms. The van der Waals surface area contributed by atoms with Crippen LogP contribution in [-0.4, -0.2) is 36.0 Å². The van der Waals surface area contributed by atoms with E-state index in [1.807, 2.05) is 0 Å². The number of hydrogen-bond donors (Lipinski definition) is 2. The fourth-order valence-corrected chi connectivity index (χ4v) is 3.57. The number of aliphatic hydroxyl groups excluding tert-OH is 2. The van der Waals surface area contributed by atoms with Crippen molar-refractivity contribution in [2.45, 2.75) is 123 Å². The maximum absolute atomic E-state index is 11.9. The van der Waals surface area contributed by atoms with Gasteiger partial charge in [-0.05, 0) is 38.5 Å². The van der Waals surface area contributed by atoms with Crippen LogP contribution in [0.2, 0.25) is 0 Å². The van der Waals surface area contributed by atoms with Gasteiger partial charge in [0.25, 0.3) is 0 Å². The van der Waals surface area contributed by atoms with E-state index in [1.54, 1.807) is 0 Å². The van der Waals surface area contributed by atoms with Crippen LogP contribution in [-0.2, 0) is 9.53 Å². The third-order valence-corrected chi connectivity index (χ3v) is 5.91. The summed E-state index contributed by atoms with van der Waals surface area (Å²) in [5.41, 5.74) is -0.686. The second-order valence-electron chi connectivity index (χ2n) is 8.91. The Morgan fingerprint density at radius 3 is 1.77 bits per heavy atom. The first-order valence-electron chi connectivity index (χ1n) is 12.7. The summed E-state index contributed by atoms with van der Waals surface area (Å²) in [5, 5.41) is 19.2. The molecule has 0 atom stereocenters. The first kappa shape index (κ1) is 29.1. The number of carbonyl (C=O) groups excluding carboxylic acids is 1. The molecule has 0 aromatic heterocycles. The van der Waals surface area contributed by atoms with Crippen LogP contribution in [0.5, 0.6) is 0 Å². The summed E-state index contributed by atoms with van der Waals surface area (Å²) >= 11 is 0. The van der Waals surface area contributed by atoms with E-state index in [-0.39, 0.29) is 25.8 Å². The van der Waals surface area contributed by atoms with E-state index in [2.05, 4.69) is 26.0 Å². The summed E-state index contributed by atoms with van der Waals surface area (Å²) in [6, 6.07) is 0. The Labute approximate surface area is 186 Å². The lowest BCUT2D eigenvalue weighted by molar-refractivity contribution is -0.150. The number of ether oxygens (including phenoxy) is 1. The molecule has 0 radical (unpaired) electrons.